The Hall–Kier alpha value is -4.63. The predicted octanol–water partition coefficient (Wildman–Crippen LogP) is 5.90. The van der Waals surface area contributed by atoms with Crippen molar-refractivity contribution in [2.24, 2.45) is 0 Å². The number of rotatable bonds is 13. The van der Waals surface area contributed by atoms with Gasteiger partial charge in [-0.15, -0.1) is 0 Å². The molecular formula is C37H41N3O5S. The number of aryl methyl sites for hydroxylation is 1. The van der Waals surface area contributed by atoms with E-state index in [0.717, 1.165) is 46.7 Å². The minimum Gasteiger partial charge on any atom is -0.497 e. The molecule has 1 aliphatic rings. The van der Waals surface area contributed by atoms with E-state index in [2.05, 4.69) is 5.32 Å². The summed E-state index contributed by atoms with van der Waals surface area (Å²) in [5.41, 5.74) is 3.04. The fourth-order valence-corrected chi connectivity index (χ4v) is 7.37. The number of benzene rings is 4. The summed E-state index contributed by atoms with van der Waals surface area (Å²) in [6.07, 6.45) is 4.17. The zero-order valence-electron chi connectivity index (χ0n) is 26.3. The maximum atomic E-state index is 14.6. The van der Waals surface area contributed by atoms with Gasteiger partial charge in [0.15, 0.2) is 0 Å². The lowest BCUT2D eigenvalue weighted by Gasteiger charge is -2.34. The van der Waals surface area contributed by atoms with Gasteiger partial charge in [-0.2, -0.15) is 0 Å². The number of anilines is 1. The SMILES string of the molecule is COc1cccc(N(CC(=O)N(Cc2cccc(C)c2)[C@@H](Cc2ccccc2)C(=O)NC2CCCC2)S(=O)(=O)c2ccccc2)c1. The average molecular weight is 640 g/mol. The first-order valence-corrected chi connectivity index (χ1v) is 17.1. The molecule has 0 aromatic heterocycles. The van der Waals surface area contributed by atoms with Crippen molar-refractivity contribution in [2.45, 2.75) is 62.6 Å². The first-order valence-electron chi connectivity index (χ1n) is 15.7. The molecule has 0 heterocycles. The number of carbonyl (C=O) groups is 2. The summed E-state index contributed by atoms with van der Waals surface area (Å²) in [6.45, 7) is 1.59. The molecule has 1 N–H and O–H groups in total. The van der Waals surface area contributed by atoms with Crippen LogP contribution in [-0.2, 0) is 32.6 Å². The monoisotopic (exact) mass is 639 g/mol. The first-order chi connectivity index (χ1) is 22.2. The third kappa shape index (κ3) is 8.14. The van der Waals surface area contributed by atoms with Gasteiger partial charge in [0.2, 0.25) is 11.8 Å². The molecule has 4 aromatic carbocycles. The summed E-state index contributed by atoms with van der Waals surface area (Å²) >= 11 is 0. The van der Waals surface area contributed by atoms with E-state index >= 15 is 0 Å². The number of carbonyl (C=O) groups excluding carboxylic acids is 2. The van der Waals surface area contributed by atoms with E-state index in [1.807, 2.05) is 61.5 Å². The van der Waals surface area contributed by atoms with Crippen LogP contribution in [0.15, 0.2) is 114 Å². The van der Waals surface area contributed by atoms with Crippen LogP contribution in [0.4, 0.5) is 5.69 Å². The molecule has 1 fully saturated rings. The quantitative estimate of drug-likeness (QED) is 0.197. The molecule has 1 aliphatic carbocycles. The Bertz CT molecular complexity index is 1720. The Kier molecular flexibility index (Phi) is 10.8. The molecule has 0 spiro atoms. The van der Waals surface area contributed by atoms with Gasteiger partial charge in [-0.25, -0.2) is 8.42 Å². The van der Waals surface area contributed by atoms with Crippen molar-refractivity contribution in [2.75, 3.05) is 18.0 Å². The van der Waals surface area contributed by atoms with Gasteiger partial charge >= 0.3 is 0 Å². The number of hydrogen-bond acceptors (Lipinski definition) is 5. The summed E-state index contributed by atoms with van der Waals surface area (Å²) in [5, 5.41) is 3.21. The third-order valence-corrected chi connectivity index (χ3v) is 10.1. The lowest BCUT2D eigenvalue weighted by atomic mass is 10.0. The van der Waals surface area contributed by atoms with E-state index in [4.69, 9.17) is 4.74 Å². The van der Waals surface area contributed by atoms with Crippen LogP contribution in [0.3, 0.4) is 0 Å². The lowest BCUT2D eigenvalue weighted by molar-refractivity contribution is -0.140. The molecule has 9 heteroatoms. The number of nitrogens with one attached hydrogen (secondary N) is 1. The van der Waals surface area contributed by atoms with Crippen molar-refractivity contribution in [3.05, 3.63) is 126 Å². The van der Waals surface area contributed by atoms with E-state index in [1.54, 1.807) is 47.4 Å². The second-order valence-electron chi connectivity index (χ2n) is 11.7. The van der Waals surface area contributed by atoms with Crippen LogP contribution in [0.25, 0.3) is 0 Å². The van der Waals surface area contributed by atoms with Crippen LogP contribution < -0.4 is 14.4 Å². The molecule has 2 amide bonds. The van der Waals surface area contributed by atoms with Gasteiger partial charge in [0.1, 0.15) is 18.3 Å². The van der Waals surface area contributed by atoms with Crippen LogP contribution in [-0.4, -0.2) is 50.9 Å². The van der Waals surface area contributed by atoms with Crippen molar-refractivity contribution < 1.29 is 22.7 Å². The largest absolute Gasteiger partial charge is 0.497 e. The Balaban J connectivity index is 1.57. The van der Waals surface area contributed by atoms with Gasteiger partial charge in [-0.1, -0.05) is 97.3 Å². The van der Waals surface area contributed by atoms with Crippen molar-refractivity contribution in [3.63, 3.8) is 0 Å². The van der Waals surface area contributed by atoms with Crippen LogP contribution in [0, 0.1) is 6.92 Å². The fourth-order valence-electron chi connectivity index (χ4n) is 5.94. The molecule has 1 atom stereocenters. The van der Waals surface area contributed by atoms with E-state index in [-0.39, 0.29) is 35.5 Å². The number of ether oxygens (including phenoxy) is 1. The van der Waals surface area contributed by atoms with Crippen LogP contribution in [0.1, 0.15) is 42.4 Å². The second-order valence-corrected chi connectivity index (χ2v) is 13.6. The number of hydrogen-bond donors (Lipinski definition) is 1. The van der Waals surface area contributed by atoms with E-state index < -0.39 is 28.5 Å². The topological polar surface area (TPSA) is 96.0 Å². The van der Waals surface area contributed by atoms with Crippen LogP contribution in [0.2, 0.25) is 0 Å². The molecular weight excluding hydrogens is 598 g/mol. The molecule has 0 aliphatic heterocycles. The molecule has 4 aromatic rings. The Morgan fingerprint density at radius 3 is 2.17 bits per heavy atom. The number of methoxy groups -OCH3 is 1. The highest BCUT2D eigenvalue weighted by Gasteiger charge is 2.35. The number of amides is 2. The highest BCUT2D eigenvalue weighted by molar-refractivity contribution is 7.92. The molecule has 0 saturated heterocycles. The van der Waals surface area contributed by atoms with Crippen molar-refractivity contribution in [3.8, 4) is 5.75 Å². The van der Waals surface area contributed by atoms with Gasteiger partial charge in [0.05, 0.1) is 17.7 Å². The van der Waals surface area contributed by atoms with E-state index in [9.17, 15) is 18.0 Å². The van der Waals surface area contributed by atoms with Gasteiger partial charge < -0.3 is 15.0 Å². The molecule has 46 heavy (non-hydrogen) atoms. The van der Waals surface area contributed by atoms with Gasteiger partial charge in [-0.3, -0.25) is 13.9 Å². The summed E-state index contributed by atoms with van der Waals surface area (Å²) in [5.74, 6) is -0.283. The van der Waals surface area contributed by atoms with E-state index in [1.165, 1.54) is 19.2 Å². The molecule has 5 rings (SSSR count). The Labute approximate surface area is 272 Å². The molecule has 8 nitrogen and oxygen atoms in total. The maximum Gasteiger partial charge on any atom is 0.264 e. The van der Waals surface area contributed by atoms with Crippen molar-refractivity contribution in [1.29, 1.82) is 0 Å². The zero-order valence-corrected chi connectivity index (χ0v) is 27.2. The van der Waals surface area contributed by atoms with E-state index in [0.29, 0.717) is 5.75 Å². The summed E-state index contributed by atoms with van der Waals surface area (Å²) in [6, 6.07) is 31.2. The zero-order chi connectivity index (χ0) is 32.5. The van der Waals surface area contributed by atoms with Crippen molar-refractivity contribution >= 4 is 27.5 Å². The first kappa shape index (κ1) is 32.8. The standard InChI is InChI=1S/C37H41N3O5S/c1-28-13-11-16-30(23-28)26-39(35(24-29-14-5-3-6-15-29)37(42)38-31-17-9-10-18-31)36(41)27-40(32-19-12-20-33(25-32)45-2)46(43,44)34-21-7-4-8-22-34/h3-8,11-16,19-23,25,31,35H,9-10,17-18,24,26-27H2,1-2H3,(H,38,42)/t35-/m0/s1. The van der Waals surface area contributed by atoms with Gasteiger partial charge in [-0.05, 0) is 55.2 Å². The third-order valence-electron chi connectivity index (χ3n) is 8.36. The molecule has 0 unspecified atom stereocenters. The maximum absolute atomic E-state index is 14.6. The highest BCUT2D eigenvalue weighted by Crippen LogP contribution is 2.28. The predicted molar refractivity (Wildman–Crippen MR) is 180 cm³/mol. The fraction of sp³-hybridized carbons (Fsp3) is 0.297. The second kappa shape index (κ2) is 15.1. The molecule has 0 radical (unpaired) electrons. The smallest absolute Gasteiger partial charge is 0.264 e. The minimum absolute atomic E-state index is 0.0495. The summed E-state index contributed by atoms with van der Waals surface area (Å²) < 4.78 is 34.8. The molecule has 0 bridgehead atoms. The summed E-state index contributed by atoms with van der Waals surface area (Å²) in [4.78, 5) is 30.3. The van der Waals surface area contributed by atoms with Crippen molar-refractivity contribution in [1.82, 2.24) is 10.2 Å². The van der Waals surface area contributed by atoms with Gasteiger partial charge in [0, 0.05) is 25.1 Å². The van der Waals surface area contributed by atoms with Gasteiger partial charge in [0.25, 0.3) is 10.0 Å². The minimum atomic E-state index is -4.18. The average Bonchev–Trinajstić information content (AvgIpc) is 3.59. The number of nitrogens with zero attached hydrogens (tertiary/aromatic N) is 2. The lowest BCUT2D eigenvalue weighted by Crippen LogP contribution is -2.54. The Morgan fingerprint density at radius 1 is 0.848 bits per heavy atom. The number of sulfonamides is 1. The normalized spacial score (nSPS) is 14.0. The molecule has 1 saturated carbocycles. The molecule has 240 valence electrons. The highest BCUT2D eigenvalue weighted by atomic mass is 32.2. The Morgan fingerprint density at radius 2 is 1.50 bits per heavy atom. The summed E-state index contributed by atoms with van der Waals surface area (Å²) in [7, 11) is -2.68. The van der Waals surface area contributed by atoms with Crippen LogP contribution >= 0.6 is 0 Å². The van der Waals surface area contributed by atoms with Crippen LogP contribution in [0.5, 0.6) is 5.75 Å².